The van der Waals surface area contributed by atoms with Gasteiger partial charge in [0.25, 0.3) is 0 Å². The van der Waals surface area contributed by atoms with E-state index in [0.29, 0.717) is 0 Å². The van der Waals surface area contributed by atoms with Crippen molar-refractivity contribution >= 4 is 44.2 Å². The molecule has 0 amide bonds. The lowest BCUT2D eigenvalue weighted by Gasteiger charge is -1.97. The highest BCUT2D eigenvalue weighted by Crippen LogP contribution is 2.34. The van der Waals surface area contributed by atoms with Crippen LogP contribution in [-0.4, -0.2) is 9.97 Å². The first kappa shape index (κ1) is 11.3. The Hall–Kier alpha value is -1.56. The Morgan fingerprint density at radius 2 is 2.00 bits per heavy atom. The molecule has 0 aliphatic rings. The summed E-state index contributed by atoms with van der Waals surface area (Å²) in [5, 5.41) is 9.62. The van der Waals surface area contributed by atoms with Crippen LogP contribution < -0.4 is 0 Å². The molecule has 0 saturated heterocycles. The van der Waals surface area contributed by atoms with Crippen molar-refractivity contribution < 1.29 is 0 Å². The molecular weight excluding hydrogens is 292 g/mol. The van der Waals surface area contributed by atoms with E-state index in [9.17, 15) is 0 Å². The maximum absolute atomic E-state index is 4.67. The van der Waals surface area contributed by atoms with Crippen LogP contribution in [0.4, 0.5) is 0 Å². The summed E-state index contributed by atoms with van der Waals surface area (Å²) in [4.78, 5) is 11.3. The molecule has 0 bridgehead atoms. The van der Waals surface area contributed by atoms with E-state index in [1.54, 1.807) is 34.0 Å². The normalized spacial score (nSPS) is 11.2. The van der Waals surface area contributed by atoms with Gasteiger partial charge in [0, 0.05) is 22.5 Å². The largest absolute Gasteiger partial charge is 0.235 e. The summed E-state index contributed by atoms with van der Waals surface area (Å²) >= 11 is 5.07. The smallest absolute Gasteiger partial charge is 0.170 e. The SMILES string of the molecule is c1csc(-c2ncc3c(-c4ccsc4)csc3n2)c1. The zero-order chi connectivity index (χ0) is 12.7. The highest BCUT2D eigenvalue weighted by atomic mass is 32.1. The molecule has 4 rings (SSSR count). The average molecular weight is 300 g/mol. The summed E-state index contributed by atoms with van der Waals surface area (Å²) in [7, 11) is 0. The number of aromatic nitrogens is 2. The van der Waals surface area contributed by atoms with Gasteiger partial charge in [0.05, 0.1) is 4.88 Å². The van der Waals surface area contributed by atoms with Gasteiger partial charge in [-0.05, 0) is 33.8 Å². The van der Waals surface area contributed by atoms with Gasteiger partial charge >= 0.3 is 0 Å². The predicted molar refractivity (Wildman–Crippen MR) is 84.0 cm³/mol. The number of rotatable bonds is 2. The zero-order valence-corrected chi connectivity index (χ0v) is 12.2. The molecule has 92 valence electrons. The molecule has 0 saturated carbocycles. The minimum Gasteiger partial charge on any atom is -0.235 e. The molecule has 0 aromatic carbocycles. The van der Waals surface area contributed by atoms with Crippen molar-refractivity contribution in [3.8, 4) is 21.8 Å². The van der Waals surface area contributed by atoms with Gasteiger partial charge in [-0.2, -0.15) is 11.3 Å². The fraction of sp³-hybridized carbons (Fsp3) is 0. The van der Waals surface area contributed by atoms with Gasteiger partial charge in [-0.1, -0.05) is 6.07 Å². The topological polar surface area (TPSA) is 25.8 Å². The van der Waals surface area contributed by atoms with E-state index in [2.05, 4.69) is 38.2 Å². The second-order valence-electron chi connectivity index (χ2n) is 4.05. The lowest BCUT2D eigenvalue weighted by Crippen LogP contribution is -1.85. The third kappa shape index (κ3) is 1.90. The Morgan fingerprint density at radius 3 is 2.79 bits per heavy atom. The van der Waals surface area contributed by atoms with E-state index in [0.717, 1.165) is 20.9 Å². The van der Waals surface area contributed by atoms with Crippen LogP contribution in [0.1, 0.15) is 0 Å². The zero-order valence-electron chi connectivity index (χ0n) is 9.74. The van der Waals surface area contributed by atoms with Crippen LogP contribution in [0.15, 0.2) is 45.9 Å². The summed E-state index contributed by atoms with van der Waals surface area (Å²) in [6.45, 7) is 0. The van der Waals surface area contributed by atoms with Crippen LogP contribution in [0.5, 0.6) is 0 Å². The van der Waals surface area contributed by atoms with Crippen molar-refractivity contribution in [1.29, 1.82) is 0 Å². The van der Waals surface area contributed by atoms with Gasteiger partial charge in [0.15, 0.2) is 5.82 Å². The van der Waals surface area contributed by atoms with Gasteiger partial charge < -0.3 is 0 Å². The Morgan fingerprint density at radius 1 is 1.00 bits per heavy atom. The Bertz CT molecular complexity index is 814. The summed E-state index contributed by atoms with van der Waals surface area (Å²) in [6, 6.07) is 6.22. The summed E-state index contributed by atoms with van der Waals surface area (Å²) in [5.74, 6) is 0.821. The molecule has 2 nitrogen and oxygen atoms in total. The molecule has 0 aliphatic carbocycles. The van der Waals surface area contributed by atoms with Crippen LogP contribution in [0, 0.1) is 0 Å². The predicted octanol–water partition coefficient (Wildman–Crippen LogP) is 5.15. The number of hydrogen-bond acceptors (Lipinski definition) is 5. The summed E-state index contributed by atoms with van der Waals surface area (Å²) in [5.41, 5.74) is 2.49. The molecular formula is C14H8N2S3. The third-order valence-corrected chi connectivity index (χ3v) is 5.34. The molecule has 0 atom stereocenters. The van der Waals surface area contributed by atoms with E-state index < -0.39 is 0 Å². The number of fused-ring (bicyclic) bond motifs is 1. The lowest BCUT2D eigenvalue weighted by molar-refractivity contribution is 1.25. The maximum Gasteiger partial charge on any atom is 0.170 e. The summed E-state index contributed by atoms with van der Waals surface area (Å²) in [6.07, 6.45) is 1.95. The second-order valence-corrected chi connectivity index (χ2v) is 6.64. The molecule has 5 heteroatoms. The number of nitrogens with zero attached hydrogens (tertiary/aromatic N) is 2. The van der Waals surface area contributed by atoms with Crippen LogP contribution >= 0.6 is 34.0 Å². The first-order valence-electron chi connectivity index (χ1n) is 5.72. The molecule has 4 aromatic rings. The van der Waals surface area contributed by atoms with Gasteiger partial charge in [-0.15, -0.1) is 22.7 Å². The van der Waals surface area contributed by atoms with Crippen LogP contribution in [0.3, 0.4) is 0 Å². The van der Waals surface area contributed by atoms with Crippen LogP contribution in [-0.2, 0) is 0 Å². The fourth-order valence-corrected chi connectivity index (χ4v) is 4.23. The molecule has 0 radical (unpaired) electrons. The van der Waals surface area contributed by atoms with Crippen molar-refractivity contribution in [2.24, 2.45) is 0 Å². The highest BCUT2D eigenvalue weighted by molar-refractivity contribution is 7.17. The minimum absolute atomic E-state index is 0.821. The Kier molecular flexibility index (Phi) is 2.69. The fourth-order valence-electron chi connectivity index (χ4n) is 1.98. The highest BCUT2D eigenvalue weighted by Gasteiger charge is 2.10. The molecule has 0 unspecified atom stereocenters. The number of hydrogen-bond donors (Lipinski definition) is 0. The van der Waals surface area contributed by atoms with E-state index in [-0.39, 0.29) is 0 Å². The van der Waals surface area contributed by atoms with Gasteiger partial charge in [0.1, 0.15) is 4.83 Å². The Balaban J connectivity index is 1.89. The van der Waals surface area contributed by atoms with Gasteiger partial charge in [0.2, 0.25) is 0 Å². The molecule has 4 aromatic heterocycles. The monoisotopic (exact) mass is 300 g/mol. The van der Waals surface area contributed by atoms with Gasteiger partial charge in [-0.3, -0.25) is 0 Å². The van der Waals surface area contributed by atoms with Crippen molar-refractivity contribution in [2.45, 2.75) is 0 Å². The molecule has 0 aliphatic heterocycles. The van der Waals surface area contributed by atoms with E-state index in [1.165, 1.54) is 11.1 Å². The lowest BCUT2D eigenvalue weighted by atomic mass is 10.1. The molecule has 19 heavy (non-hydrogen) atoms. The maximum atomic E-state index is 4.67. The quantitative estimate of drug-likeness (QED) is 0.512. The summed E-state index contributed by atoms with van der Waals surface area (Å²) < 4.78 is 0. The minimum atomic E-state index is 0.821. The first-order chi connectivity index (χ1) is 9.42. The van der Waals surface area contributed by atoms with Crippen molar-refractivity contribution in [3.63, 3.8) is 0 Å². The van der Waals surface area contributed by atoms with E-state index >= 15 is 0 Å². The van der Waals surface area contributed by atoms with Crippen LogP contribution in [0.2, 0.25) is 0 Å². The van der Waals surface area contributed by atoms with Crippen molar-refractivity contribution in [2.75, 3.05) is 0 Å². The van der Waals surface area contributed by atoms with Crippen molar-refractivity contribution in [1.82, 2.24) is 9.97 Å². The van der Waals surface area contributed by atoms with E-state index in [4.69, 9.17) is 0 Å². The molecule has 4 heterocycles. The molecule has 0 spiro atoms. The molecule has 0 N–H and O–H groups in total. The standard InChI is InChI=1S/C14H8N2S3/c1-2-12(18-4-1)13-15-6-10-11(8-19-14(10)16-13)9-3-5-17-7-9/h1-8H. The second kappa shape index (κ2) is 4.52. The third-order valence-electron chi connectivity index (χ3n) is 2.91. The first-order valence-corrected chi connectivity index (χ1v) is 8.43. The Labute approximate surface area is 122 Å². The number of thiophene rings is 3. The van der Waals surface area contributed by atoms with Crippen LogP contribution in [0.25, 0.3) is 32.0 Å². The van der Waals surface area contributed by atoms with Gasteiger partial charge in [-0.25, -0.2) is 9.97 Å². The molecule has 0 fully saturated rings. The van der Waals surface area contributed by atoms with E-state index in [1.807, 2.05) is 17.6 Å². The van der Waals surface area contributed by atoms with Crippen molar-refractivity contribution in [3.05, 3.63) is 45.9 Å². The average Bonchev–Trinajstić information content (AvgIpc) is 3.18.